The Morgan fingerprint density at radius 3 is 2.77 bits per heavy atom. The smallest absolute Gasteiger partial charge is 0.0932 e. The molecule has 1 aromatic rings. The van der Waals surface area contributed by atoms with Crippen molar-refractivity contribution in [2.24, 2.45) is 5.90 Å². The van der Waals surface area contributed by atoms with Crippen molar-refractivity contribution in [2.45, 2.75) is 12.5 Å². The van der Waals surface area contributed by atoms with Crippen LogP contribution in [0.15, 0.2) is 24.3 Å². The highest BCUT2D eigenvalue weighted by molar-refractivity contribution is 8.00. The predicted molar refractivity (Wildman–Crippen MR) is 55.5 cm³/mol. The molecule has 13 heavy (non-hydrogen) atoms. The normalized spacial score (nSPS) is 17.0. The summed E-state index contributed by atoms with van der Waals surface area (Å²) in [6, 6.07) is 8.38. The molecular formula is C10H13NOS. The maximum absolute atomic E-state index is 5.08. The van der Waals surface area contributed by atoms with Gasteiger partial charge in [-0.25, -0.2) is 5.90 Å². The standard InChI is InChI=1S/C10H13NOS/c11-12-5-8-3-1-2-4-10(8)9-6-13-7-9/h1-4,9H,5-7,11H2. The Hall–Kier alpha value is -0.510. The maximum atomic E-state index is 5.08. The molecule has 0 unspecified atom stereocenters. The van der Waals surface area contributed by atoms with Crippen molar-refractivity contribution < 1.29 is 4.84 Å². The summed E-state index contributed by atoms with van der Waals surface area (Å²) in [6.45, 7) is 0.525. The molecule has 0 radical (unpaired) electrons. The van der Waals surface area contributed by atoms with Crippen LogP contribution in [0.5, 0.6) is 0 Å². The molecular weight excluding hydrogens is 182 g/mol. The summed E-state index contributed by atoms with van der Waals surface area (Å²) >= 11 is 1.99. The summed E-state index contributed by atoms with van der Waals surface area (Å²) in [5, 5.41) is 0. The number of nitrogens with two attached hydrogens (primary N) is 1. The van der Waals surface area contributed by atoms with Gasteiger partial charge < -0.3 is 0 Å². The lowest BCUT2D eigenvalue weighted by Gasteiger charge is -2.27. The number of hydrogen-bond donors (Lipinski definition) is 1. The fourth-order valence-electron chi connectivity index (χ4n) is 1.57. The average Bonchev–Trinajstić information content (AvgIpc) is 2.05. The Balaban J connectivity index is 2.20. The third-order valence-corrected chi connectivity index (χ3v) is 3.65. The van der Waals surface area contributed by atoms with Gasteiger partial charge in [-0.3, -0.25) is 4.84 Å². The quantitative estimate of drug-likeness (QED) is 0.748. The van der Waals surface area contributed by atoms with Gasteiger partial charge in [0.15, 0.2) is 0 Å². The second-order valence-corrected chi connectivity index (χ2v) is 4.32. The predicted octanol–water partition coefficient (Wildman–Crippen LogP) is 1.91. The van der Waals surface area contributed by atoms with E-state index in [0.717, 1.165) is 5.92 Å². The highest BCUT2D eigenvalue weighted by Gasteiger charge is 2.22. The van der Waals surface area contributed by atoms with E-state index in [4.69, 9.17) is 5.90 Å². The van der Waals surface area contributed by atoms with E-state index < -0.39 is 0 Å². The van der Waals surface area contributed by atoms with Crippen LogP contribution in [0.3, 0.4) is 0 Å². The van der Waals surface area contributed by atoms with E-state index in [9.17, 15) is 0 Å². The summed E-state index contributed by atoms with van der Waals surface area (Å²) in [7, 11) is 0. The molecule has 1 fully saturated rings. The molecule has 1 heterocycles. The van der Waals surface area contributed by atoms with Gasteiger partial charge in [0.2, 0.25) is 0 Å². The number of hydrogen-bond acceptors (Lipinski definition) is 3. The van der Waals surface area contributed by atoms with Crippen molar-refractivity contribution in [3.8, 4) is 0 Å². The molecule has 0 bridgehead atoms. The van der Waals surface area contributed by atoms with Gasteiger partial charge in [-0.2, -0.15) is 11.8 Å². The molecule has 1 aliphatic rings. The summed E-state index contributed by atoms with van der Waals surface area (Å²) in [6.07, 6.45) is 0. The Kier molecular flexibility index (Phi) is 2.88. The van der Waals surface area contributed by atoms with E-state index in [2.05, 4.69) is 23.0 Å². The van der Waals surface area contributed by atoms with Gasteiger partial charge in [-0.05, 0) is 11.1 Å². The summed E-state index contributed by atoms with van der Waals surface area (Å²) in [4.78, 5) is 4.68. The van der Waals surface area contributed by atoms with Crippen molar-refractivity contribution in [2.75, 3.05) is 11.5 Å². The van der Waals surface area contributed by atoms with Crippen LogP contribution >= 0.6 is 11.8 Å². The minimum Gasteiger partial charge on any atom is -0.300 e. The fourth-order valence-corrected chi connectivity index (χ4v) is 2.40. The zero-order chi connectivity index (χ0) is 9.10. The molecule has 0 saturated carbocycles. The largest absolute Gasteiger partial charge is 0.300 e. The van der Waals surface area contributed by atoms with E-state index in [1.807, 2.05) is 17.8 Å². The summed E-state index contributed by atoms with van der Waals surface area (Å²) in [5.41, 5.74) is 2.64. The molecule has 70 valence electrons. The molecule has 0 aliphatic carbocycles. The summed E-state index contributed by atoms with van der Waals surface area (Å²) < 4.78 is 0. The second kappa shape index (κ2) is 4.13. The van der Waals surface area contributed by atoms with Crippen molar-refractivity contribution >= 4 is 11.8 Å². The zero-order valence-corrected chi connectivity index (χ0v) is 8.22. The third kappa shape index (κ3) is 1.88. The number of thioether (sulfide) groups is 1. The number of benzene rings is 1. The van der Waals surface area contributed by atoms with Crippen LogP contribution in [0.2, 0.25) is 0 Å². The Morgan fingerprint density at radius 1 is 1.38 bits per heavy atom. The highest BCUT2D eigenvalue weighted by atomic mass is 32.2. The first-order chi connectivity index (χ1) is 6.42. The molecule has 0 aromatic heterocycles. The average molecular weight is 195 g/mol. The van der Waals surface area contributed by atoms with E-state index >= 15 is 0 Å². The van der Waals surface area contributed by atoms with Crippen LogP contribution in [0.1, 0.15) is 17.0 Å². The SMILES string of the molecule is NOCc1ccccc1C1CSC1. The zero-order valence-electron chi connectivity index (χ0n) is 7.40. The van der Waals surface area contributed by atoms with Gasteiger partial charge in [0.05, 0.1) is 6.61 Å². The van der Waals surface area contributed by atoms with Gasteiger partial charge in [0.1, 0.15) is 0 Å². The van der Waals surface area contributed by atoms with E-state index in [1.54, 1.807) is 0 Å². The minimum absolute atomic E-state index is 0.525. The van der Waals surface area contributed by atoms with Crippen LogP contribution in [-0.2, 0) is 11.4 Å². The first-order valence-electron chi connectivity index (χ1n) is 4.39. The van der Waals surface area contributed by atoms with Crippen molar-refractivity contribution in [3.63, 3.8) is 0 Å². The van der Waals surface area contributed by atoms with E-state index in [1.165, 1.54) is 22.6 Å². The molecule has 2 N–H and O–H groups in total. The first-order valence-corrected chi connectivity index (χ1v) is 5.54. The van der Waals surface area contributed by atoms with E-state index in [0.29, 0.717) is 6.61 Å². The monoisotopic (exact) mass is 195 g/mol. The third-order valence-electron chi connectivity index (χ3n) is 2.37. The fraction of sp³-hybridized carbons (Fsp3) is 0.400. The molecule has 1 saturated heterocycles. The molecule has 3 heteroatoms. The van der Waals surface area contributed by atoms with Gasteiger partial charge in [-0.1, -0.05) is 24.3 Å². The number of rotatable bonds is 3. The first kappa shape index (κ1) is 9.06. The van der Waals surface area contributed by atoms with Gasteiger partial charge >= 0.3 is 0 Å². The molecule has 2 nitrogen and oxygen atoms in total. The van der Waals surface area contributed by atoms with E-state index in [-0.39, 0.29) is 0 Å². The molecule has 0 spiro atoms. The van der Waals surface area contributed by atoms with Crippen LogP contribution in [0, 0.1) is 0 Å². The van der Waals surface area contributed by atoms with Gasteiger partial charge in [0, 0.05) is 17.4 Å². The lowest BCUT2D eigenvalue weighted by molar-refractivity contribution is 0.123. The lowest BCUT2D eigenvalue weighted by atomic mass is 9.97. The molecule has 0 atom stereocenters. The van der Waals surface area contributed by atoms with Crippen LogP contribution < -0.4 is 5.90 Å². The van der Waals surface area contributed by atoms with Crippen LogP contribution in [0.25, 0.3) is 0 Å². The summed E-state index contributed by atoms with van der Waals surface area (Å²) in [5.74, 6) is 8.28. The Bertz CT molecular complexity index is 286. The Labute approximate surface area is 82.4 Å². The Morgan fingerprint density at radius 2 is 2.15 bits per heavy atom. The van der Waals surface area contributed by atoms with Crippen molar-refractivity contribution in [1.29, 1.82) is 0 Å². The topological polar surface area (TPSA) is 35.2 Å². The molecule has 2 rings (SSSR count). The minimum atomic E-state index is 0.525. The van der Waals surface area contributed by atoms with Crippen molar-refractivity contribution in [1.82, 2.24) is 0 Å². The van der Waals surface area contributed by atoms with Gasteiger partial charge in [0.25, 0.3) is 0 Å². The van der Waals surface area contributed by atoms with Gasteiger partial charge in [-0.15, -0.1) is 0 Å². The van der Waals surface area contributed by atoms with Crippen LogP contribution in [0.4, 0.5) is 0 Å². The van der Waals surface area contributed by atoms with Crippen LogP contribution in [-0.4, -0.2) is 11.5 Å². The highest BCUT2D eigenvalue weighted by Crippen LogP contribution is 2.35. The van der Waals surface area contributed by atoms with Crippen molar-refractivity contribution in [3.05, 3.63) is 35.4 Å². The molecule has 1 aromatic carbocycles. The maximum Gasteiger partial charge on any atom is 0.0932 e. The second-order valence-electron chi connectivity index (χ2n) is 3.24. The lowest BCUT2D eigenvalue weighted by Crippen LogP contribution is -2.17. The molecule has 1 aliphatic heterocycles. The molecule has 0 amide bonds.